The number of benzene rings is 1. The van der Waals surface area contributed by atoms with Gasteiger partial charge in [-0.2, -0.15) is 0 Å². The molecule has 0 aliphatic rings. The molecule has 2 nitrogen and oxygen atoms in total. The highest BCUT2D eigenvalue weighted by atomic mass is 14.8. The summed E-state index contributed by atoms with van der Waals surface area (Å²) in [5.74, 6) is 0. The molecule has 0 aliphatic carbocycles. The van der Waals surface area contributed by atoms with Crippen LogP contribution in [0.2, 0.25) is 0 Å². The molecule has 1 aromatic carbocycles. The Morgan fingerprint density at radius 2 is 2.00 bits per heavy atom. The van der Waals surface area contributed by atoms with Crippen molar-refractivity contribution < 1.29 is 0 Å². The monoisotopic (exact) mass is 178 g/mol. The Hall–Kier alpha value is -0.860. The SMILES string of the molecule is CCNCCC(N)c1ccccc1. The van der Waals surface area contributed by atoms with E-state index in [0.717, 1.165) is 19.5 Å². The maximum atomic E-state index is 6.00. The van der Waals surface area contributed by atoms with E-state index in [1.165, 1.54) is 5.56 Å². The Kier molecular flexibility index (Phi) is 4.50. The molecule has 2 heteroatoms. The molecule has 1 rings (SSSR count). The molecule has 0 aromatic heterocycles. The van der Waals surface area contributed by atoms with Crippen LogP contribution in [-0.2, 0) is 0 Å². The number of nitrogens with one attached hydrogen (secondary N) is 1. The fourth-order valence-corrected chi connectivity index (χ4v) is 1.30. The van der Waals surface area contributed by atoms with Gasteiger partial charge in [0.05, 0.1) is 0 Å². The molecule has 0 fully saturated rings. The van der Waals surface area contributed by atoms with E-state index in [1.54, 1.807) is 0 Å². The van der Waals surface area contributed by atoms with Crippen molar-refractivity contribution >= 4 is 0 Å². The summed E-state index contributed by atoms with van der Waals surface area (Å²) in [5.41, 5.74) is 7.22. The maximum Gasteiger partial charge on any atom is 0.0306 e. The van der Waals surface area contributed by atoms with Crippen molar-refractivity contribution in [3.63, 3.8) is 0 Å². The Morgan fingerprint density at radius 1 is 1.31 bits per heavy atom. The Bertz CT molecular complexity index is 221. The fraction of sp³-hybridized carbons (Fsp3) is 0.455. The van der Waals surface area contributed by atoms with Crippen LogP contribution >= 0.6 is 0 Å². The van der Waals surface area contributed by atoms with Crippen LogP contribution in [0.3, 0.4) is 0 Å². The molecule has 3 N–H and O–H groups in total. The van der Waals surface area contributed by atoms with Gasteiger partial charge >= 0.3 is 0 Å². The van der Waals surface area contributed by atoms with Gasteiger partial charge in [-0.3, -0.25) is 0 Å². The van der Waals surface area contributed by atoms with Crippen molar-refractivity contribution in [2.75, 3.05) is 13.1 Å². The standard InChI is InChI=1S/C11H18N2/c1-2-13-9-8-11(12)10-6-4-3-5-7-10/h3-7,11,13H,2,8-9,12H2,1H3. The zero-order valence-electron chi connectivity index (χ0n) is 8.16. The summed E-state index contributed by atoms with van der Waals surface area (Å²) < 4.78 is 0. The lowest BCUT2D eigenvalue weighted by atomic mass is 10.1. The second kappa shape index (κ2) is 5.73. The van der Waals surface area contributed by atoms with Crippen molar-refractivity contribution in [1.82, 2.24) is 5.32 Å². The van der Waals surface area contributed by atoms with E-state index in [9.17, 15) is 0 Å². The van der Waals surface area contributed by atoms with Gasteiger partial charge in [0.15, 0.2) is 0 Å². The van der Waals surface area contributed by atoms with E-state index in [2.05, 4.69) is 24.4 Å². The molecular formula is C11H18N2. The normalized spacial score (nSPS) is 12.8. The molecule has 0 heterocycles. The van der Waals surface area contributed by atoms with Gasteiger partial charge in [0, 0.05) is 6.04 Å². The molecule has 0 amide bonds. The lowest BCUT2D eigenvalue weighted by Crippen LogP contribution is -2.20. The number of hydrogen-bond donors (Lipinski definition) is 2. The van der Waals surface area contributed by atoms with Crippen molar-refractivity contribution in [3.8, 4) is 0 Å². The maximum absolute atomic E-state index is 6.00. The predicted molar refractivity (Wildman–Crippen MR) is 56.5 cm³/mol. The molecule has 0 bridgehead atoms. The van der Waals surface area contributed by atoms with E-state index in [1.807, 2.05) is 18.2 Å². The van der Waals surface area contributed by atoms with Crippen molar-refractivity contribution in [2.45, 2.75) is 19.4 Å². The van der Waals surface area contributed by atoms with Gasteiger partial charge in [0.2, 0.25) is 0 Å². The quantitative estimate of drug-likeness (QED) is 0.673. The lowest BCUT2D eigenvalue weighted by Gasteiger charge is -2.11. The summed E-state index contributed by atoms with van der Waals surface area (Å²) in [4.78, 5) is 0. The van der Waals surface area contributed by atoms with E-state index in [0.29, 0.717) is 0 Å². The van der Waals surface area contributed by atoms with Gasteiger partial charge in [0.25, 0.3) is 0 Å². The second-order valence-electron chi connectivity index (χ2n) is 3.16. The lowest BCUT2D eigenvalue weighted by molar-refractivity contribution is 0.592. The average Bonchev–Trinajstić information content (AvgIpc) is 2.19. The van der Waals surface area contributed by atoms with Crippen LogP contribution in [0.1, 0.15) is 24.9 Å². The molecule has 0 saturated carbocycles. The molecular weight excluding hydrogens is 160 g/mol. The van der Waals surface area contributed by atoms with Crippen LogP contribution in [-0.4, -0.2) is 13.1 Å². The summed E-state index contributed by atoms with van der Waals surface area (Å²) in [7, 11) is 0. The molecule has 72 valence electrons. The highest BCUT2D eigenvalue weighted by Gasteiger charge is 2.03. The summed E-state index contributed by atoms with van der Waals surface area (Å²) in [6.07, 6.45) is 0.998. The van der Waals surface area contributed by atoms with Gasteiger partial charge in [-0.15, -0.1) is 0 Å². The molecule has 0 spiro atoms. The van der Waals surface area contributed by atoms with Crippen LogP contribution < -0.4 is 11.1 Å². The average molecular weight is 178 g/mol. The van der Waals surface area contributed by atoms with E-state index in [4.69, 9.17) is 5.73 Å². The van der Waals surface area contributed by atoms with Gasteiger partial charge in [-0.1, -0.05) is 37.3 Å². The minimum absolute atomic E-state index is 0.167. The van der Waals surface area contributed by atoms with Crippen molar-refractivity contribution in [3.05, 3.63) is 35.9 Å². The van der Waals surface area contributed by atoms with E-state index >= 15 is 0 Å². The first kappa shape index (κ1) is 10.2. The number of hydrogen-bond acceptors (Lipinski definition) is 2. The van der Waals surface area contributed by atoms with Gasteiger partial charge < -0.3 is 11.1 Å². The fourth-order valence-electron chi connectivity index (χ4n) is 1.30. The topological polar surface area (TPSA) is 38.0 Å². The van der Waals surface area contributed by atoms with Gasteiger partial charge in [-0.05, 0) is 25.1 Å². The van der Waals surface area contributed by atoms with Gasteiger partial charge in [0.1, 0.15) is 0 Å². The highest BCUT2D eigenvalue weighted by Crippen LogP contribution is 2.11. The third-order valence-electron chi connectivity index (χ3n) is 2.11. The first-order valence-corrected chi connectivity index (χ1v) is 4.86. The Balaban J connectivity index is 2.35. The summed E-state index contributed by atoms with van der Waals surface area (Å²) >= 11 is 0. The molecule has 0 radical (unpaired) electrons. The Labute approximate surface area is 80.1 Å². The van der Waals surface area contributed by atoms with Gasteiger partial charge in [-0.25, -0.2) is 0 Å². The van der Waals surface area contributed by atoms with Crippen LogP contribution in [0.25, 0.3) is 0 Å². The zero-order valence-corrected chi connectivity index (χ0v) is 8.16. The van der Waals surface area contributed by atoms with Crippen LogP contribution in [0.5, 0.6) is 0 Å². The first-order valence-electron chi connectivity index (χ1n) is 4.86. The summed E-state index contributed by atoms with van der Waals surface area (Å²) in [6, 6.07) is 10.4. The van der Waals surface area contributed by atoms with Crippen LogP contribution in [0.15, 0.2) is 30.3 Å². The molecule has 0 aliphatic heterocycles. The number of rotatable bonds is 5. The Morgan fingerprint density at radius 3 is 2.62 bits per heavy atom. The largest absolute Gasteiger partial charge is 0.324 e. The minimum Gasteiger partial charge on any atom is -0.324 e. The van der Waals surface area contributed by atoms with Crippen LogP contribution in [0.4, 0.5) is 0 Å². The third kappa shape index (κ3) is 3.57. The van der Waals surface area contributed by atoms with Crippen molar-refractivity contribution in [1.29, 1.82) is 0 Å². The minimum atomic E-state index is 0.167. The molecule has 1 unspecified atom stereocenters. The van der Waals surface area contributed by atoms with Crippen molar-refractivity contribution in [2.24, 2.45) is 5.73 Å². The summed E-state index contributed by atoms with van der Waals surface area (Å²) in [6.45, 7) is 4.11. The second-order valence-corrected chi connectivity index (χ2v) is 3.16. The predicted octanol–water partition coefficient (Wildman–Crippen LogP) is 1.69. The van der Waals surface area contributed by atoms with Crippen LogP contribution in [0, 0.1) is 0 Å². The molecule has 13 heavy (non-hydrogen) atoms. The first-order chi connectivity index (χ1) is 6.34. The summed E-state index contributed by atoms with van der Waals surface area (Å²) in [5, 5.41) is 3.27. The highest BCUT2D eigenvalue weighted by molar-refractivity contribution is 5.18. The smallest absolute Gasteiger partial charge is 0.0306 e. The molecule has 0 saturated heterocycles. The molecule has 1 atom stereocenters. The molecule has 1 aromatic rings. The number of nitrogens with two attached hydrogens (primary N) is 1. The zero-order chi connectivity index (χ0) is 9.52. The van der Waals surface area contributed by atoms with E-state index in [-0.39, 0.29) is 6.04 Å². The van der Waals surface area contributed by atoms with E-state index < -0.39 is 0 Å². The third-order valence-corrected chi connectivity index (χ3v) is 2.11.